The first-order chi connectivity index (χ1) is 11.7. The van der Waals surface area contributed by atoms with Gasteiger partial charge in [0.15, 0.2) is 5.76 Å². The number of piperidine rings is 1. The molecule has 1 aromatic carbocycles. The van der Waals surface area contributed by atoms with Crippen molar-refractivity contribution in [1.82, 2.24) is 10.2 Å². The summed E-state index contributed by atoms with van der Waals surface area (Å²) >= 11 is 0. The average Bonchev–Trinajstić information content (AvgIpc) is 3.09. The van der Waals surface area contributed by atoms with Gasteiger partial charge in [-0.1, -0.05) is 0 Å². The molecule has 0 saturated carbocycles. The summed E-state index contributed by atoms with van der Waals surface area (Å²) in [7, 11) is 1.91. The van der Waals surface area contributed by atoms with Gasteiger partial charge >= 0.3 is 0 Å². The van der Waals surface area contributed by atoms with E-state index in [0.29, 0.717) is 29.9 Å². The number of hydrogen-bond acceptors (Lipinski definition) is 4. The third-order valence-electron chi connectivity index (χ3n) is 4.18. The summed E-state index contributed by atoms with van der Waals surface area (Å²) in [6.07, 6.45) is 2.06. The molecule has 1 atom stereocenters. The Bertz CT molecular complexity index is 684. The second-order valence-electron chi connectivity index (χ2n) is 5.89. The highest BCUT2D eigenvalue weighted by Crippen LogP contribution is 2.18. The molecule has 1 amide bonds. The van der Waals surface area contributed by atoms with E-state index >= 15 is 0 Å². The Balaban J connectivity index is 1.58. The van der Waals surface area contributed by atoms with Gasteiger partial charge in [-0.05, 0) is 56.3 Å². The van der Waals surface area contributed by atoms with Crippen molar-refractivity contribution >= 4 is 5.91 Å². The fourth-order valence-corrected chi connectivity index (χ4v) is 2.81. The summed E-state index contributed by atoms with van der Waals surface area (Å²) < 4.78 is 24.0. The number of carbonyl (C=O) groups is 1. The van der Waals surface area contributed by atoms with Crippen LogP contribution in [0.4, 0.5) is 4.39 Å². The summed E-state index contributed by atoms with van der Waals surface area (Å²) in [5, 5.41) is 3.22. The predicted octanol–water partition coefficient (Wildman–Crippen LogP) is 2.82. The van der Waals surface area contributed by atoms with E-state index in [1.807, 2.05) is 11.9 Å². The zero-order chi connectivity index (χ0) is 16.9. The minimum absolute atomic E-state index is 0.0945. The number of carbonyl (C=O) groups excluding carboxylic acids is 1. The first-order valence-corrected chi connectivity index (χ1v) is 8.09. The quantitative estimate of drug-likeness (QED) is 0.915. The van der Waals surface area contributed by atoms with Crippen molar-refractivity contribution in [3.63, 3.8) is 0 Å². The molecule has 0 spiro atoms. The smallest absolute Gasteiger partial charge is 0.289 e. The van der Waals surface area contributed by atoms with E-state index < -0.39 is 0 Å². The Kier molecular flexibility index (Phi) is 5.15. The largest absolute Gasteiger partial charge is 0.486 e. The van der Waals surface area contributed by atoms with E-state index in [1.54, 1.807) is 24.3 Å². The summed E-state index contributed by atoms with van der Waals surface area (Å²) in [5.74, 6) is 1.03. The number of likely N-dealkylation sites (N-methyl/N-ethyl adjacent to an activating group) is 1. The standard InChI is InChI=1S/C18H21FN2O3/c1-20-14-3-2-10-21(11-14)18(22)17-9-8-16(24-17)12-23-15-6-4-13(19)5-7-15/h4-9,14,20H,2-3,10-12H2,1H3/t14-/m0/s1. The Morgan fingerprint density at radius 1 is 1.33 bits per heavy atom. The summed E-state index contributed by atoms with van der Waals surface area (Å²) in [4.78, 5) is 14.3. The maximum absolute atomic E-state index is 12.9. The van der Waals surface area contributed by atoms with E-state index in [1.165, 1.54) is 12.1 Å². The number of furan rings is 1. The number of likely N-dealkylation sites (tertiary alicyclic amines) is 1. The molecular weight excluding hydrogens is 311 g/mol. The van der Waals surface area contributed by atoms with E-state index in [2.05, 4.69) is 5.32 Å². The number of halogens is 1. The topological polar surface area (TPSA) is 54.7 Å². The zero-order valence-corrected chi connectivity index (χ0v) is 13.6. The van der Waals surface area contributed by atoms with Crippen molar-refractivity contribution in [2.24, 2.45) is 0 Å². The van der Waals surface area contributed by atoms with Crippen molar-refractivity contribution < 1.29 is 18.3 Å². The third kappa shape index (κ3) is 3.94. The first-order valence-electron chi connectivity index (χ1n) is 8.09. The minimum Gasteiger partial charge on any atom is -0.486 e. The number of rotatable bonds is 5. The van der Waals surface area contributed by atoms with Crippen LogP contribution in [0.25, 0.3) is 0 Å². The molecule has 6 heteroatoms. The first kappa shape index (κ1) is 16.5. The molecule has 1 fully saturated rings. The van der Waals surface area contributed by atoms with Gasteiger partial charge in [-0.2, -0.15) is 0 Å². The molecule has 1 aliphatic heterocycles. The highest BCUT2D eigenvalue weighted by Gasteiger charge is 2.25. The molecule has 0 unspecified atom stereocenters. The SMILES string of the molecule is CN[C@H]1CCCN(C(=O)c2ccc(COc3ccc(F)cc3)o2)C1. The summed E-state index contributed by atoms with van der Waals surface area (Å²) in [6.45, 7) is 1.63. The van der Waals surface area contributed by atoms with Crippen LogP contribution in [-0.4, -0.2) is 37.0 Å². The van der Waals surface area contributed by atoms with Crippen LogP contribution >= 0.6 is 0 Å². The molecule has 128 valence electrons. The molecule has 3 rings (SSSR count). The highest BCUT2D eigenvalue weighted by atomic mass is 19.1. The van der Waals surface area contributed by atoms with Crippen LogP contribution in [0.5, 0.6) is 5.75 Å². The van der Waals surface area contributed by atoms with Crippen LogP contribution in [0.15, 0.2) is 40.8 Å². The molecule has 2 heterocycles. The number of benzene rings is 1. The molecular formula is C18H21FN2O3. The maximum Gasteiger partial charge on any atom is 0.289 e. The van der Waals surface area contributed by atoms with E-state index in [9.17, 15) is 9.18 Å². The lowest BCUT2D eigenvalue weighted by molar-refractivity contribution is 0.0662. The van der Waals surface area contributed by atoms with Gasteiger partial charge in [0.1, 0.15) is 23.9 Å². The van der Waals surface area contributed by atoms with Gasteiger partial charge in [-0.15, -0.1) is 0 Å². The summed E-state index contributed by atoms with van der Waals surface area (Å²) in [6, 6.07) is 9.51. The van der Waals surface area contributed by atoms with Crippen molar-refractivity contribution in [2.75, 3.05) is 20.1 Å². The molecule has 1 aromatic heterocycles. The van der Waals surface area contributed by atoms with Crippen molar-refractivity contribution in [3.8, 4) is 5.75 Å². The van der Waals surface area contributed by atoms with Gasteiger partial charge in [-0.25, -0.2) is 4.39 Å². The highest BCUT2D eigenvalue weighted by molar-refractivity contribution is 5.91. The van der Waals surface area contributed by atoms with Crippen LogP contribution in [0.2, 0.25) is 0 Å². The monoisotopic (exact) mass is 332 g/mol. The Labute approximate surface area is 140 Å². The van der Waals surface area contributed by atoms with Crippen LogP contribution < -0.4 is 10.1 Å². The lowest BCUT2D eigenvalue weighted by Gasteiger charge is -2.31. The molecule has 1 aliphatic rings. The molecule has 0 aliphatic carbocycles. The number of nitrogens with zero attached hydrogens (tertiary/aromatic N) is 1. The Hall–Kier alpha value is -2.34. The normalized spacial score (nSPS) is 17.8. The van der Waals surface area contributed by atoms with Gasteiger partial charge in [0.2, 0.25) is 0 Å². The van der Waals surface area contributed by atoms with Gasteiger partial charge in [0.05, 0.1) is 0 Å². The maximum atomic E-state index is 12.9. The molecule has 1 saturated heterocycles. The van der Waals surface area contributed by atoms with E-state index in [4.69, 9.17) is 9.15 Å². The van der Waals surface area contributed by atoms with Gasteiger partial charge in [-0.3, -0.25) is 4.79 Å². The molecule has 1 N–H and O–H groups in total. The fraction of sp³-hybridized carbons (Fsp3) is 0.389. The van der Waals surface area contributed by atoms with Crippen molar-refractivity contribution in [1.29, 1.82) is 0 Å². The van der Waals surface area contributed by atoms with Gasteiger partial charge in [0.25, 0.3) is 5.91 Å². The number of hydrogen-bond donors (Lipinski definition) is 1. The fourth-order valence-electron chi connectivity index (χ4n) is 2.81. The van der Waals surface area contributed by atoms with Crippen LogP contribution in [-0.2, 0) is 6.61 Å². The number of nitrogens with one attached hydrogen (secondary N) is 1. The second-order valence-corrected chi connectivity index (χ2v) is 5.89. The Morgan fingerprint density at radius 3 is 2.88 bits per heavy atom. The van der Waals surface area contributed by atoms with E-state index in [0.717, 1.165) is 19.4 Å². The molecule has 0 bridgehead atoms. The number of amides is 1. The molecule has 2 aromatic rings. The summed E-state index contributed by atoms with van der Waals surface area (Å²) in [5.41, 5.74) is 0. The van der Waals surface area contributed by atoms with Gasteiger partial charge in [0, 0.05) is 19.1 Å². The zero-order valence-electron chi connectivity index (χ0n) is 13.6. The Morgan fingerprint density at radius 2 is 2.12 bits per heavy atom. The average molecular weight is 332 g/mol. The number of ether oxygens (including phenoxy) is 1. The predicted molar refractivity (Wildman–Crippen MR) is 87.4 cm³/mol. The third-order valence-corrected chi connectivity index (χ3v) is 4.18. The van der Waals surface area contributed by atoms with Gasteiger partial charge < -0.3 is 19.4 Å². The lowest BCUT2D eigenvalue weighted by atomic mass is 10.1. The second kappa shape index (κ2) is 7.49. The van der Waals surface area contributed by atoms with Crippen molar-refractivity contribution in [2.45, 2.75) is 25.5 Å². The lowest BCUT2D eigenvalue weighted by Crippen LogP contribution is -2.46. The van der Waals surface area contributed by atoms with Crippen LogP contribution in [0.1, 0.15) is 29.2 Å². The van der Waals surface area contributed by atoms with E-state index in [-0.39, 0.29) is 18.3 Å². The van der Waals surface area contributed by atoms with Crippen LogP contribution in [0, 0.1) is 5.82 Å². The van der Waals surface area contributed by atoms with Crippen molar-refractivity contribution in [3.05, 3.63) is 53.7 Å². The molecule has 5 nitrogen and oxygen atoms in total. The minimum atomic E-state index is -0.311. The van der Waals surface area contributed by atoms with Crippen LogP contribution in [0.3, 0.4) is 0 Å². The molecule has 24 heavy (non-hydrogen) atoms. The molecule has 0 radical (unpaired) electrons.